The van der Waals surface area contributed by atoms with Gasteiger partial charge in [-0.25, -0.2) is 4.79 Å². The van der Waals surface area contributed by atoms with Gasteiger partial charge in [0, 0.05) is 19.2 Å². The van der Waals surface area contributed by atoms with Crippen molar-refractivity contribution >= 4 is 22.8 Å². The van der Waals surface area contributed by atoms with E-state index in [1.165, 1.54) is 11.5 Å². The average Bonchev–Trinajstić information content (AvgIpc) is 2.71. The molecule has 2 aromatic carbocycles. The molecule has 3 rings (SSSR count). The van der Waals surface area contributed by atoms with Crippen molar-refractivity contribution in [3.05, 3.63) is 60.2 Å². The normalized spacial score (nSPS) is 19.0. The first-order valence-corrected chi connectivity index (χ1v) is 10.8. The molecule has 0 bridgehead atoms. The van der Waals surface area contributed by atoms with E-state index < -0.39 is 17.8 Å². The minimum atomic E-state index is -0.705. The van der Waals surface area contributed by atoms with Gasteiger partial charge in [-0.3, -0.25) is 4.79 Å². The van der Waals surface area contributed by atoms with Crippen LogP contribution < -0.4 is 5.32 Å². The molecule has 2 amide bonds. The second kappa shape index (κ2) is 9.96. The van der Waals surface area contributed by atoms with Crippen LogP contribution in [-0.4, -0.2) is 52.8 Å². The second-order valence-electron chi connectivity index (χ2n) is 8.97. The summed E-state index contributed by atoms with van der Waals surface area (Å²) in [7, 11) is 0. The molecule has 1 aliphatic rings. The van der Waals surface area contributed by atoms with Gasteiger partial charge in [0.1, 0.15) is 5.60 Å². The number of rotatable bonds is 7. The van der Waals surface area contributed by atoms with Crippen molar-refractivity contribution < 1.29 is 19.4 Å². The molecule has 0 radical (unpaired) electrons. The van der Waals surface area contributed by atoms with Crippen LogP contribution in [-0.2, 0) is 16.0 Å². The largest absolute Gasteiger partial charge is 0.444 e. The van der Waals surface area contributed by atoms with E-state index in [0.717, 1.165) is 17.4 Å². The number of carbonyl (C=O) groups is 2. The Balaban J connectivity index is 1.56. The van der Waals surface area contributed by atoms with Crippen molar-refractivity contribution in [1.82, 2.24) is 10.2 Å². The Bertz CT molecular complexity index is 948. The first kappa shape index (κ1) is 22.8. The lowest BCUT2D eigenvalue weighted by atomic mass is 9.95. The van der Waals surface area contributed by atoms with Crippen LogP contribution in [0.3, 0.4) is 0 Å². The maximum atomic E-state index is 12.5. The van der Waals surface area contributed by atoms with Crippen LogP contribution in [0, 0.1) is 0 Å². The van der Waals surface area contributed by atoms with Gasteiger partial charge < -0.3 is 20.1 Å². The van der Waals surface area contributed by atoms with Crippen molar-refractivity contribution in [2.45, 2.75) is 57.8 Å². The molecule has 0 saturated carbocycles. The van der Waals surface area contributed by atoms with Gasteiger partial charge in [-0.05, 0) is 62.4 Å². The minimum absolute atomic E-state index is 0.0869. The predicted octanol–water partition coefficient (Wildman–Crippen LogP) is 3.82. The molecular weight excluding hydrogens is 392 g/mol. The highest BCUT2D eigenvalue weighted by Gasteiger charge is 2.31. The Morgan fingerprint density at radius 2 is 1.87 bits per heavy atom. The van der Waals surface area contributed by atoms with Gasteiger partial charge in [0.05, 0.1) is 12.1 Å². The molecule has 1 aliphatic heterocycles. The fourth-order valence-corrected chi connectivity index (χ4v) is 3.78. The second-order valence-corrected chi connectivity index (χ2v) is 8.97. The summed E-state index contributed by atoms with van der Waals surface area (Å²) in [5.41, 5.74) is 0.561. The molecule has 166 valence electrons. The van der Waals surface area contributed by atoms with Crippen molar-refractivity contribution in [3.63, 3.8) is 0 Å². The summed E-state index contributed by atoms with van der Waals surface area (Å²) in [5.74, 6) is -0.0869. The van der Waals surface area contributed by atoms with Crippen LogP contribution in [0.15, 0.2) is 54.6 Å². The zero-order chi connectivity index (χ0) is 22.4. The number of ether oxygens (including phenoxy) is 1. The van der Waals surface area contributed by atoms with Gasteiger partial charge in [0.25, 0.3) is 0 Å². The van der Waals surface area contributed by atoms with Crippen LogP contribution in [0.5, 0.6) is 0 Å². The Labute approximate surface area is 183 Å². The number of hydrogen-bond acceptors (Lipinski definition) is 4. The molecule has 2 atom stereocenters. The van der Waals surface area contributed by atoms with Gasteiger partial charge in [-0.15, -0.1) is 0 Å². The molecule has 0 unspecified atom stereocenters. The number of amides is 2. The number of nitrogens with zero attached hydrogens (tertiary/aromatic N) is 1. The predicted molar refractivity (Wildman–Crippen MR) is 122 cm³/mol. The van der Waals surface area contributed by atoms with E-state index in [1.54, 1.807) is 11.0 Å². The van der Waals surface area contributed by atoms with Gasteiger partial charge in [-0.2, -0.15) is 0 Å². The number of unbranched alkanes of at least 4 members (excludes halogenated alkanes) is 1. The van der Waals surface area contributed by atoms with E-state index in [2.05, 4.69) is 35.6 Å². The molecule has 6 heteroatoms. The van der Waals surface area contributed by atoms with E-state index >= 15 is 0 Å². The summed E-state index contributed by atoms with van der Waals surface area (Å²) in [4.78, 5) is 26.0. The lowest BCUT2D eigenvalue weighted by Crippen LogP contribution is -2.50. The van der Waals surface area contributed by atoms with Gasteiger partial charge >= 0.3 is 6.09 Å². The molecular formula is C25H32N2O4. The van der Waals surface area contributed by atoms with Crippen molar-refractivity contribution in [2.24, 2.45) is 0 Å². The molecule has 6 nitrogen and oxygen atoms in total. The molecule has 2 N–H and O–H groups in total. The number of aliphatic hydroxyl groups is 1. The smallest absolute Gasteiger partial charge is 0.407 e. The van der Waals surface area contributed by atoms with E-state index in [-0.39, 0.29) is 11.9 Å². The fourth-order valence-electron chi connectivity index (χ4n) is 3.78. The van der Waals surface area contributed by atoms with Crippen LogP contribution in [0.25, 0.3) is 10.8 Å². The number of fused-ring (bicyclic) bond motifs is 1. The Morgan fingerprint density at radius 3 is 2.61 bits per heavy atom. The summed E-state index contributed by atoms with van der Waals surface area (Å²) >= 11 is 0. The van der Waals surface area contributed by atoms with E-state index in [9.17, 15) is 14.7 Å². The van der Waals surface area contributed by atoms with E-state index in [4.69, 9.17) is 4.74 Å². The number of alkyl carbamates (subject to hydrolysis) is 1. The highest BCUT2D eigenvalue weighted by atomic mass is 16.6. The van der Waals surface area contributed by atoms with Crippen molar-refractivity contribution in [3.8, 4) is 0 Å². The molecule has 0 saturated heterocycles. The highest BCUT2D eigenvalue weighted by molar-refractivity contribution is 5.89. The quantitative estimate of drug-likeness (QED) is 0.663. The third kappa shape index (κ3) is 6.56. The summed E-state index contributed by atoms with van der Waals surface area (Å²) in [6, 6.07) is 14.1. The van der Waals surface area contributed by atoms with Gasteiger partial charge in [0.15, 0.2) is 0 Å². The molecule has 0 spiro atoms. The number of hydrogen-bond donors (Lipinski definition) is 2. The number of benzene rings is 2. The Kier molecular flexibility index (Phi) is 7.33. The van der Waals surface area contributed by atoms with E-state index in [0.29, 0.717) is 25.9 Å². The van der Waals surface area contributed by atoms with Gasteiger partial charge in [0.2, 0.25) is 5.91 Å². The number of carbonyl (C=O) groups excluding carboxylic acids is 2. The molecule has 1 heterocycles. The lowest BCUT2D eigenvalue weighted by molar-refractivity contribution is -0.131. The van der Waals surface area contributed by atoms with Gasteiger partial charge in [-0.1, -0.05) is 42.5 Å². The monoisotopic (exact) mass is 424 g/mol. The summed E-state index contributed by atoms with van der Waals surface area (Å²) in [5, 5.41) is 15.6. The Morgan fingerprint density at radius 1 is 1.13 bits per heavy atom. The zero-order valence-corrected chi connectivity index (χ0v) is 18.5. The summed E-state index contributed by atoms with van der Waals surface area (Å²) < 4.78 is 5.22. The highest BCUT2D eigenvalue weighted by Crippen LogP contribution is 2.22. The van der Waals surface area contributed by atoms with Crippen molar-refractivity contribution in [1.29, 1.82) is 0 Å². The van der Waals surface area contributed by atoms with Crippen molar-refractivity contribution in [2.75, 3.05) is 13.1 Å². The SMILES string of the molecule is CC(C)(C)OC(=O)NCCCCN1C(=O)C=C[C@H](O)[C@@H]1Cc1ccc2ccccc2c1. The molecule has 2 aromatic rings. The van der Waals surface area contributed by atoms with Crippen LogP contribution in [0.2, 0.25) is 0 Å². The minimum Gasteiger partial charge on any atom is -0.444 e. The maximum Gasteiger partial charge on any atom is 0.407 e. The third-order valence-corrected chi connectivity index (χ3v) is 5.27. The lowest BCUT2D eigenvalue weighted by Gasteiger charge is -2.36. The number of nitrogens with one attached hydrogen (secondary N) is 1. The first-order valence-electron chi connectivity index (χ1n) is 10.8. The van der Waals surface area contributed by atoms with E-state index in [1.807, 2.05) is 32.9 Å². The molecule has 0 aliphatic carbocycles. The average molecular weight is 425 g/mol. The fraction of sp³-hybridized carbons (Fsp3) is 0.440. The van der Waals surface area contributed by atoms with Crippen LogP contribution in [0.1, 0.15) is 39.2 Å². The summed E-state index contributed by atoms with van der Waals surface area (Å²) in [6.07, 6.45) is 3.90. The number of aliphatic hydroxyl groups excluding tert-OH is 1. The first-order chi connectivity index (χ1) is 14.7. The zero-order valence-electron chi connectivity index (χ0n) is 18.5. The molecule has 31 heavy (non-hydrogen) atoms. The van der Waals surface area contributed by atoms with Crippen LogP contribution >= 0.6 is 0 Å². The molecule has 0 aromatic heterocycles. The molecule has 0 fully saturated rings. The maximum absolute atomic E-state index is 12.5. The topological polar surface area (TPSA) is 78.9 Å². The summed E-state index contributed by atoms with van der Waals surface area (Å²) in [6.45, 7) is 6.47. The third-order valence-electron chi connectivity index (χ3n) is 5.27. The standard InChI is InChI=1S/C25H32N2O4/c1-25(2,3)31-24(30)26-14-6-7-15-27-21(22(28)12-13-23(27)29)17-18-10-11-19-8-4-5-9-20(19)16-18/h4-5,8-13,16,21-22,28H,6-7,14-15,17H2,1-3H3,(H,26,30)/t21-,22-/m0/s1. The Hall–Kier alpha value is -2.86. The van der Waals surface area contributed by atoms with Crippen LogP contribution in [0.4, 0.5) is 4.79 Å².